The number of para-hydroxylation sites is 1. The molecule has 1 heterocycles. The van der Waals surface area contributed by atoms with Crippen LogP contribution in [0.5, 0.6) is 0 Å². The molecule has 0 fully saturated rings. The number of hydrogen-bond donors (Lipinski definition) is 0. The lowest BCUT2D eigenvalue weighted by Crippen LogP contribution is -1.82. The smallest absolute Gasteiger partial charge is 0.102 e. The van der Waals surface area contributed by atoms with Crippen molar-refractivity contribution < 1.29 is 0 Å². The molecule has 2 rings (SSSR count). The maximum absolute atomic E-state index is 5.96. The molecule has 0 bridgehead atoms. The molecule has 0 amide bonds. The first-order valence-corrected chi connectivity index (χ1v) is 4.94. The standard InChI is InChI=1S/C9H5ClIN/c10-7-3-1-2-6-4-5-8(11)12-9(6)7/h1-5H. The van der Waals surface area contributed by atoms with Crippen molar-refractivity contribution in [3.63, 3.8) is 0 Å². The second-order valence-electron chi connectivity index (χ2n) is 2.45. The number of rotatable bonds is 0. The molecule has 0 aliphatic heterocycles. The first-order valence-electron chi connectivity index (χ1n) is 3.48. The fourth-order valence-corrected chi connectivity index (χ4v) is 1.73. The molecule has 0 saturated carbocycles. The Balaban J connectivity index is 2.88. The van der Waals surface area contributed by atoms with Crippen LogP contribution in [0.25, 0.3) is 10.9 Å². The van der Waals surface area contributed by atoms with Gasteiger partial charge in [0, 0.05) is 5.39 Å². The van der Waals surface area contributed by atoms with Crippen LogP contribution in [0.4, 0.5) is 0 Å². The Kier molecular flexibility index (Phi) is 2.19. The third-order valence-electron chi connectivity index (χ3n) is 1.64. The van der Waals surface area contributed by atoms with Crippen LogP contribution in [-0.2, 0) is 0 Å². The van der Waals surface area contributed by atoms with Crippen molar-refractivity contribution in [2.45, 2.75) is 0 Å². The van der Waals surface area contributed by atoms with Crippen LogP contribution < -0.4 is 0 Å². The Bertz CT molecular complexity index is 428. The largest absolute Gasteiger partial charge is 0.240 e. The molecule has 2 aromatic rings. The normalized spacial score (nSPS) is 10.5. The third kappa shape index (κ3) is 1.41. The zero-order valence-corrected chi connectivity index (χ0v) is 9.00. The van der Waals surface area contributed by atoms with Crippen LogP contribution in [0, 0.1) is 3.70 Å². The van der Waals surface area contributed by atoms with Gasteiger partial charge in [0.15, 0.2) is 0 Å². The molecule has 0 aliphatic carbocycles. The fraction of sp³-hybridized carbons (Fsp3) is 0. The van der Waals surface area contributed by atoms with Gasteiger partial charge in [0.1, 0.15) is 3.70 Å². The highest BCUT2D eigenvalue weighted by molar-refractivity contribution is 14.1. The molecule has 0 spiro atoms. The first-order chi connectivity index (χ1) is 5.77. The van der Waals surface area contributed by atoms with E-state index in [4.69, 9.17) is 11.6 Å². The number of hydrogen-bond acceptors (Lipinski definition) is 1. The Labute approximate surface area is 88.9 Å². The molecule has 0 atom stereocenters. The summed E-state index contributed by atoms with van der Waals surface area (Å²) >= 11 is 8.14. The van der Waals surface area contributed by atoms with E-state index in [9.17, 15) is 0 Å². The minimum atomic E-state index is 0.714. The summed E-state index contributed by atoms with van der Waals surface area (Å²) in [6, 6.07) is 9.78. The van der Waals surface area contributed by atoms with E-state index in [0.717, 1.165) is 14.6 Å². The first kappa shape index (κ1) is 8.26. The number of benzene rings is 1. The molecule has 0 aliphatic rings. The minimum absolute atomic E-state index is 0.714. The third-order valence-corrected chi connectivity index (χ3v) is 2.54. The number of fused-ring (bicyclic) bond motifs is 1. The van der Waals surface area contributed by atoms with Crippen molar-refractivity contribution in [3.8, 4) is 0 Å². The topological polar surface area (TPSA) is 12.9 Å². The average Bonchev–Trinajstić information content (AvgIpc) is 2.07. The summed E-state index contributed by atoms with van der Waals surface area (Å²) in [5.41, 5.74) is 0.881. The van der Waals surface area contributed by atoms with Crippen molar-refractivity contribution in [1.82, 2.24) is 4.98 Å². The van der Waals surface area contributed by atoms with Crippen molar-refractivity contribution in [3.05, 3.63) is 39.1 Å². The highest BCUT2D eigenvalue weighted by atomic mass is 127. The van der Waals surface area contributed by atoms with Crippen LogP contribution >= 0.6 is 34.2 Å². The Morgan fingerprint density at radius 3 is 2.83 bits per heavy atom. The molecular weight excluding hydrogens is 284 g/mol. The van der Waals surface area contributed by atoms with Crippen molar-refractivity contribution in [1.29, 1.82) is 0 Å². The lowest BCUT2D eigenvalue weighted by Gasteiger charge is -1.98. The molecule has 0 saturated heterocycles. The van der Waals surface area contributed by atoms with Crippen LogP contribution in [0.15, 0.2) is 30.3 Å². The Morgan fingerprint density at radius 1 is 1.17 bits per heavy atom. The molecule has 0 N–H and O–H groups in total. The summed E-state index contributed by atoms with van der Waals surface area (Å²) in [5.74, 6) is 0. The van der Waals surface area contributed by atoms with E-state index in [1.54, 1.807) is 0 Å². The van der Waals surface area contributed by atoms with Gasteiger partial charge in [0.05, 0.1) is 10.5 Å². The predicted octanol–water partition coefficient (Wildman–Crippen LogP) is 3.49. The molecule has 0 radical (unpaired) electrons. The number of pyridine rings is 1. The average molecular weight is 290 g/mol. The maximum atomic E-state index is 5.96. The quantitative estimate of drug-likeness (QED) is 0.534. The van der Waals surface area contributed by atoms with E-state index in [-0.39, 0.29) is 0 Å². The lowest BCUT2D eigenvalue weighted by atomic mass is 10.2. The van der Waals surface area contributed by atoms with Gasteiger partial charge in [-0.3, -0.25) is 0 Å². The summed E-state index contributed by atoms with van der Waals surface area (Å²) in [4.78, 5) is 4.33. The van der Waals surface area contributed by atoms with E-state index >= 15 is 0 Å². The monoisotopic (exact) mass is 289 g/mol. The van der Waals surface area contributed by atoms with Crippen LogP contribution in [0.1, 0.15) is 0 Å². The molecule has 1 nitrogen and oxygen atoms in total. The maximum Gasteiger partial charge on any atom is 0.102 e. The van der Waals surface area contributed by atoms with Gasteiger partial charge in [0.2, 0.25) is 0 Å². The van der Waals surface area contributed by atoms with Gasteiger partial charge >= 0.3 is 0 Å². The van der Waals surface area contributed by atoms with Gasteiger partial charge in [0.25, 0.3) is 0 Å². The number of nitrogens with zero attached hydrogens (tertiary/aromatic N) is 1. The van der Waals surface area contributed by atoms with Gasteiger partial charge in [-0.25, -0.2) is 4.98 Å². The highest BCUT2D eigenvalue weighted by Crippen LogP contribution is 2.21. The van der Waals surface area contributed by atoms with E-state index in [1.807, 2.05) is 30.3 Å². The SMILES string of the molecule is Clc1cccc2ccc(I)nc12. The summed E-state index contributed by atoms with van der Waals surface area (Å²) in [5, 5.41) is 1.80. The van der Waals surface area contributed by atoms with Crippen molar-refractivity contribution in [2.75, 3.05) is 0 Å². The van der Waals surface area contributed by atoms with Gasteiger partial charge < -0.3 is 0 Å². The zero-order valence-electron chi connectivity index (χ0n) is 6.09. The van der Waals surface area contributed by atoms with E-state index in [2.05, 4.69) is 27.6 Å². The molecule has 3 heteroatoms. The number of aromatic nitrogens is 1. The molecular formula is C9H5ClIN. The van der Waals surface area contributed by atoms with Crippen molar-refractivity contribution in [2.24, 2.45) is 0 Å². The van der Waals surface area contributed by atoms with Crippen LogP contribution in [0.2, 0.25) is 5.02 Å². The fourth-order valence-electron chi connectivity index (χ4n) is 1.09. The molecule has 1 aromatic heterocycles. The predicted molar refractivity (Wildman–Crippen MR) is 59.5 cm³/mol. The number of halogens is 2. The molecule has 0 unspecified atom stereocenters. The molecule has 1 aromatic carbocycles. The Hall–Kier alpha value is -0.350. The summed E-state index contributed by atoms with van der Waals surface area (Å²) < 4.78 is 0.966. The second-order valence-corrected chi connectivity index (χ2v) is 3.96. The summed E-state index contributed by atoms with van der Waals surface area (Å²) in [7, 11) is 0. The van der Waals surface area contributed by atoms with E-state index < -0.39 is 0 Å². The van der Waals surface area contributed by atoms with Gasteiger partial charge in [-0.05, 0) is 34.7 Å². The highest BCUT2D eigenvalue weighted by Gasteiger charge is 1.99. The zero-order chi connectivity index (χ0) is 8.55. The van der Waals surface area contributed by atoms with Gasteiger partial charge in [-0.1, -0.05) is 29.8 Å². The van der Waals surface area contributed by atoms with Gasteiger partial charge in [-0.15, -0.1) is 0 Å². The molecule has 60 valence electrons. The summed E-state index contributed by atoms with van der Waals surface area (Å²) in [6.07, 6.45) is 0. The lowest BCUT2D eigenvalue weighted by molar-refractivity contribution is 1.35. The second kappa shape index (κ2) is 3.18. The molecule has 12 heavy (non-hydrogen) atoms. The summed E-state index contributed by atoms with van der Waals surface area (Å²) in [6.45, 7) is 0. The van der Waals surface area contributed by atoms with Crippen LogP contribution in [0.3, 0.4) is 0 Å². The van der Waals surface area contributed by atoms with E-state index in [1.165, 1.54) is 0 Å². The van der Waals surface area contributed by atoms with Crippen LogP contribution in [-0.4, -0.2) is 4.98 Å². The Morgan fingerprint density at radius 2 is 2.00 bits per heavy atom. The minimum Gasteiger partial charge on any atom is -0.240 e. The van der Waals surface area contributed by atoms with Crippen molar-refractivity contribution >= 4 is 45.1 Å². The van der Waals surface area contributed by atoms with Gasteiger partial charge in [-0.2, -0.15) is 0 Å². The van der Waals surface area contributed by atoms with E-state index in [0.29, 0.717) is 5.02 Å².